The Labute approximate surface area is 98.4 Å². The molecule has 1 unspecified atom stereocenters. The quantitative estimate of drug-likeness (QED) is 0.756. The zero-order chi connectivity index (χ0) is 12.1. The summed E-state index contributed by atoms with van der Waals surface area (Å²) in [5, 5.41) is 5.79. The average molecular weight is 239 g/mol. The van der Waals surface area contributed by atoms with Gasteiger partial charge < -0.3 is 15.4 Å². The van der Waals surface area contributed by atoms with E-state index in [0.717, 1.165) is 6.54 Å². The lowest BCUT2D eigenvalue weighted by atomic mass is 10.2. The third-order valence-corrected chi connectivity index (χ3v) is 2.43. The minimum absolute atomic E-state index is 0.0999. The summed E-state index contributed by atoms with van der Waals surface area (Å²) in [4.78, 5) is 15.1. The second kappa shape index (κ2) is 5.70. The summed E-state index contributed by atoms with van der Waals surface area (Å²) in [5.41, 5.74) is 0.486. The Morgan fingerprint density at radius 1 is 1.65 bits per heavy atom. The lowest BCUT2D eigenvalue weighted by Crippen LogP contribution is -2.40. The summed E-state index contributed by atoms with van der Waals surface area (Å²) in [6.45, 7) is 2.12. The molecule has 0 spiro atoms. The number of pyridine rings is 1. The highest BCUT2D eigenvalue weighted by molar-refractivity contribution is 5.90. The Kier molecular flexibility index (Phi) is 4.00. The monoisotopic (exact) mass is 239 g/mol. The van der Waals surface area contributed by atoms with Crippen LogP contribution in [0, 0.1) is 5.95 Å². The first-order chi connectivity index (χ1) is 8.24. The molecule has 92 valence electrons. The van der Waals surface area contributed by atoms with E-state index in [1.165, 1.54) is 18.3 Å². The predicted molar refractivity (Wildman–Crippen MR) is 60.1 cm³/mol. The number of hydrogen-bond acceptors (Lipinski definition) is 4. The van der Waals surface area contributed by atoms with Gasteiger partial charge in [-0.3, -0.25) is 4.79 Å². The second-order valence-electron chi connectivity index (χ2n) is 3.82. The number of ether oxygens (including phenoxy) is 1. The molecule has 1 fully saturated rings. The molecule has 1 amide bonds. The first-order valence-electron chi connectivity index (χ1n) is 5.48. The summed E-state index contributed by atoms with van der Waals surface area (Å²) in [7, 11) is 0. The van der Waals surface area contributed by atoms with Gasteiger partial charge in [-0.2, -0.15) is 4.39 Å². The van der Waals surface area contributed by atoms with Crippen LogP contribution in [0.3, 0.4) is 0 Å². The lowest BCUT2D eigenvalue weighted by Gasteiger charge is -2.22. The van der Waals surface area contributed by atoms with Crippen LogP contribution in [0.1, 0.15) is 6.42 Å². The molecule has 1 aliphatic rings. The number of morpholine rings is 1. The Balaban J connectivity index is 1.82. The third-order valence-electron chi connectivity index (χ3n) is 2.43. The van der Waals surface area contributed by atoms with Gasteiger partial charge in [0.25, 0.3) is 0 Å². The molecule has 5 nitrogen and oxygen atoms in total. The van der Waals surface area contributed by atoms with Gasteiger partial charge in [0, 0.05) is 13.1 Å². The van der Waals surface area contributed by atoms with E-state index in [9.17, 15) is 9.18 Å². The summed E-state index contributed by atoms with van der Waals surface area (Å²) < 4.78 is 18.0. The largest absolute Gasteiger partial charge is 0.375 e. The molecule has 1 aromatic rings. The zero-order valence-electron chi connectivity index (χ0n) is 9.28. The van der Waals surface area contributed by atoms with Gasteiger partial charge in [0.1, 0.15) is 0 Å². The first kappa shape index (κ1) is 11.9. The highest BCUT2D eigenvalue weighted by Crippen LogP contribution is 2.08. The summed E-state index contributed by atoms with van der Waals surface area (Å²) in [6.07, 6.45) is 1.47. The number of rotatable bonds is 3. The molecule has 6 heteroatoms. The predicted octanol–water partition coefficient (Wildman–Crippen LogP) is 0.538. The molecule has 1 aliphatic heterocycles. The molecule has 1 saturated heterocycles. The normalized spacial score (nSPS) is 19.9. The van der Waals surface area contributed by atoms with Gasteiger partial charge in [-0.25, -0.2) is 4.98 Å². The fourth-order valence-corrected chi connectivity index (χ4v) is 1.62. The van der Waals surface area contributed by atoms with Crippen LogP contribution in [0.2, 0.25) is 0 Å². The van der Waals surface area contributed by atoms with E-state index in [1.807, 2.05) is 0 Å². The molecule has 1 aromatic heterocycles. The van der Waals surface area contributed by atoms with Crippen molar-refractivity contribution in [2.45, 2.75) is 12.5 Å². The van der Waals surface area contributed by atoms with E-state index < -0.39 is 5.95 Å². The van der Waals surface area contributed by atoms with E-state index in [1.54, 1.807) is 0 Å². The number of nitrogens with one attached hydrogen (secondary N) is 2. The summed E-state index contributed by atoms with van der Waals surface area (Å²) in [6, 6.07) is 2.68. The number of anilines is 1. The third kappa shape index (κ3) is 3.76. The van der Waals surface area contributed by atoms with Crippen LogP contribution in [0.15, 0.2) is 18.3 Å². The highest BCUT2D eigenvalue weighted by Gasteiger charge is 2.17. The Morgan fingerprint density at radius 2 is 2.53 bits per heavy atom. The molecule has 2 rings (SSSR count). The maximum Gasteiger partial charge on any atom is 0.227 e. The lowest BCUT2D eigenvalue weighted by molar-refractivity contribution is -0.119. The molecule has 2 heterocycles. The van der Waals surface area contributed by atoms with Gasteiger partial charge in [0.15, 0.2) is 0 Å². The minimum atomic E-state index is -0.567. The maximum absolute atomic E-state index is 12.5. The van der Waals surface area contributed by atoms with Crippen molar-refractivity contribution in [3.05, 3.63) is 24.3 Å². The van der Waals surface area contributed by atoms with Crippen molar-refractivity contribution in [3.63, 3.8) is 0 Å². The van der Waals surface area contributed by atoms with E-state index in [-0.39, 0.29) is 18.4 Å². The van der Waals surface area contributed by atoms with E-state index in [4.69, 9.17) is 4.74 Å². The SMILES string of the molecule is O=C(CC1CNCCO1)Nc1ccc(F)nc1. The van der Waals surface area contributed by atoms with Gasteiger partial charge in [0.05, 0.1) is 31.0 Å². The number of hydrogen-bond donors (Lipinski definition) is 2. The highest BCUT2D eigenvalue weighted by atomic mass is 19.1. The van der Waals surface area contributed by atoms with Gasteiger partial charge in [-0.15, -0.1) is 0 Å². The van der Waals surface area contributed by atoms with Crippen molar-refractivity contribution in [1.82, 2.24) is 10.3 Å². The van der Waals surface area contributed by atoms with Crippen LogP contribution < -0.4 is 10.6 Å². The molecule has 0 saturated carbocycles. The van der Waals surface area contributed by atoms with E-state index >= 15 is 0 Å². The number of carbonyl (C=O) groups excluding carboxylic acids is 1. The van der Waals surface area contributed by atoms with Crippen LogP contribution in [0.25, 0.3) is 0 Å². The molecule has 2 N–H and O–H groups in total. The average Bonchev–Trinajstić information content (AvgIpc) is 2.33. The van der Waals surface area contributed by atoms with Crippen LogP contribution >= 0.6 is 0 Å². The van der Waals surface area contributed by atoms with Crippen LogP contribution in [0.5, 0.6) is 0 Å². The number of aromatic nitrogens is 1. The second-order valence-corrected chi connectivity index (χ2v) is 3.82. The van der Waals surface area contributed by atoms with Crippen molar-refractivity contribution in [3.8, 4) is 0 Å². The van der Waals surface area contributed by atoms with Crippen LogP contribution in [0.4, 0.5) is 10.1 Å². The first-order valence-corrected chi connectivity index (χ1v) is 5.48. The van der Waals surface area contributed by atoms with Crippen LogP contribution in [-0.4, -0.2) is 36.7 Å². The van der Waals surface area contributed by atoms with E-state index in [2.05, 4.69) is 15.6 Å². The molecular weight excluding hydrogens is 225 g/mol. The topological polar surface area (TPSA) is 63.2 Å². The van der Waals surface area contributed by atoms with Gasteiger partial charge in [-0.1, -0.05) is 0 Å². The molecule has 0 radical (unpaired) electrons. The molecule has 0 aromatic carbocycles. The van der Waals surface area contributed by atoms with Crippen molar-refractivity contribution in [2.24, 2.45) is 0 Å². The molecule has 1 atom stereocenters. The van der Waals surface area contributed by atoms with Crippen LogP contribution in [-0.2, 0) is 9.53 Å². The van der Waals surface area contributed by atoms with Crippen molar-refractivity contribution in [1.29, 1.82) is 0 Å². The van der Waals surface area contributed by atoms with E-state index in [0.29, 0.717) is 18.8 Å². The van der Waals surface area contributed by atoms with Gasteiger partial charge >= 0.3 is 0 Å². The fourth-order valence-electron chi connectivity index (χ4n) is 1.62. The number of carbonyl (C=O) groups is 1. The smallest absolute Gasteiger partial charge is 0.227 e. The summed E-state index contributed by atoms with van der Waals surface area (Å²) in [5.74, 6) is -0.727. The number of amides is 1. The van der Waals surface area contributed by atoms with Gasteiger partial charge in [-0.05, 0) is 12.1 Å². The fraction of sp³-hybridized carbons (Fsp3) is 0.455. The Morgan fingerprint density at radius 3 is 3.18 bits per heavy atom. The molecule has 0 aliphatic carbocycles. The van der Waals surface area contributed by atoms with Crippen molar-refractivity contribution in [2.75, 3.05) is 25.0 Å². The maximum atomic E-state index is 12.5. The Hall–Kier alpha value is -1.53. The van der Waals surface area contributed by atoms with Crippen molar-refractivity contribution >= 4 is 11.6 Å². The van der Waals surface area contributed by atoms with Crippen molar-refractivity contribution < 1.29 is 13.9 Å². The molecule has 17 heavy (non-hydrogen) atoms. The molecular formula is C11H14FN3O2. The molecule has 0 bridgehead atoms. The number of nitrogens with zero attached hydrogens (tertiary/aromatic N) is 1. The standard InChI is InChI=1S/C11H14FN3O2/c12-10-2-1-8(6-14-10)15-11(16)5-9-7-13-3-4-17-9/h1-2,6,9,13H,3-5,7H2,(H,15,16). The number of halogens is 1. The minimum Gasteiger partial charge on any atom is -0.375 e. The Bertz CT molecular complexity index is 377. The van der Waals surface area contributed by atoms with Gasteiger partial charge in [0.2, 0.25) is 11.9 Å². The summed E-state index contributed by atoms with van der Waals surface area (Å²) >= 11 is 0. The zero-order valence-corrected chi connectivity index (χ0v) is 9.28.